The van der Waals surface area contributed by atoms with Gasteiger partial charge in [-0.15, -0.1) is 0 Å². The molecule has 0 bridgehead atoms. The molecule has 0 heterocycles. The van der Waals surface area contributed by atoms with Crippen LogP contribution in [0, 0.1) is 6.92 Å². The predicted octanol–water partition coefficient (Wildman–Crippen LogP) is 1.76. The highest BCUT2D eigenvalue weighted by Crippen LogP contribution is 2.15. The average Bonchev–Trinajstić information content (AvgIpc) is 2.56. The van der Waals surface area contributed by atoms with Crippen LogP contribution in [-0.4, -0.2) is 26.4 Å². The highest BCUT2D eigenvalue weighted by Gasteiger charge is 2.19. The van der Waals surface area contributed by atoms with Crippen molar-refractivity contribution < 1.29 is 22.7 Å². The van der Waals surface area contributed by atoms with Crippen molar-refractivity contribution >= 4 is 27.6 Å². The summed E-state index contributed by atoms with van der Waals surface area (Å²) in [6.07, 6.45) is -0.982. The van der Waals surface area contributed by atoms with Gasteiger partial charge in [-0.1, -0.05) is 35.9 Å². The van der Waals surface area contributed by atoms with Crippen molar-refractivity contribution in [2.45, 2.75) is 31.3 Å². The molecule has 0 aliphatic carbocycles. The zero-order chi connectivity index (χ0) is 19.3. The molecule has 0 aliphatic heterocycles. The van der Waals surface area contributed by atoms with Crippen molar-refractivity contribution in [2.75, 3.05) is 5.32 Å². The van der Waals surface area contributed by atoms with Gasteiger partial charge >= 0.3 is 5.97 Å². The number of sulfonamides is 1. The number of esters is 1. The van der Waals surface area contributed by atoms with Gasteiger partial charge < -0.3 is 10.1 Å². The summed E-state index contributed by atoms with van der Waals surface area (Å²) >= 11 is 0. The number of benzene rings is 2. The van der Waals surface area contributed by atoms with Crippen LogP contribution in [0.3, 0.4) is 0 Å². The van der Waals surface area contributed by atoms with Gasteiger partial charge in [0.15, 0.2) is 6.10 Å². The number of aryl methyl sites for hydroxylation is 1. The number of carbonyl (C=O) groups excluding carboxylic acids is 2. The van der Waals surface area contributed by atoms with Crippen LogP contribution >= 0.6 is 0 Å². The summed E-state index contributed by atoms with van der Waals surface area (Å²) in [5.74, 6) is -1.11. The Hall–Kier alpha value is -2.71. The smallest absolute Gasteiger partial charge is 0.311 e. The second kappa shape index (κ2) is 8.11. The zero-order valence-electron chi connectivity index (χ0n) is 14.4. The van der Waals surface area contributed by atoms with Crippen molar-refractivity contribution in [3.05, 3.63) is 59.7 Å². The Bertz CT molecular complexity index is 907. The van der Waals surface area contributed by atoms with E-state index in [0.29, 0.717) is 0 Å². The van der Waals surface area contributed by atoms with Crippen molar-refractivity contribution in [3.8, 4) is 0 Å². The Kier molecular flexibility index (Phi) is 6.12. The molecule has 1 atom stereocenters. The van der Waals surface area contributed by atoms with Gasteiger partial charge in [-0.25, -0.2) is 13.6 Å². The molecular weight excluding hydrogens is 356 g/mol. The number of anilines is 1. The number of ether oxygens (including phenoxy) is 1. The summed E-state index contributed by atoms with van der Waals surface area (Å²) in [7, 11) is -3.87. The summed E-state index contributed by atoms with van der Waals surface area (Å²) in [5, 5.41) is 7.55. The lowest BCUT2D eigenvalue weighted by molar-refractivity contribution is -0.152. The first-order valence-corrected chi connectivity index (χ1v) is 9.38. The van der Waals surface area contributed by atoms with E-state index in [1.165, 1.54) is 31.2 Å². The van der Waals surface area contributed by atoms with E-state index in [0.717, 1.165) is 11.1 Å². The molecule has 0 fully saturated rings. The van der Waals surface area contributed by atoms with Crippen molar-refractivity contribution in [3.63, 3.8) is 0 Å². The quantitative estimate of drug-likeness (QED) is 0.745. The molecule has 3 N–H and O–H groups in total. The molecule has 8 heteroatoms. The van der Waals surface area contributed by atoms with Crippen LogP contribution < -0.4 is 10.5 Å². The maximum atomic E-state index is 12.1. The summed E-state index contributed by atoms with van der Waals surface area (Å²) in [5.41, 5.74) is 2.11. The fourth-order valence-corrected chi connectivity index (χ4v) is 2.72. The number of amides is 1. The Morgan fingerprint density at radius 3 is 2.42 bits per heavy atom. The first-order valence-electron chi connectivity index (χ1n) is 7.84. The van der Waals surface area contributed by atoms with Gasteiger partial charge in [-0.05, 0) is 37.6 Å². The Labute approximate surface area is 152 Å². The molecule has 0 spiro atoms. The van der Waals surface area contributed by atoms with E-state index in [-0.39, 0.29) is 17.0 Å². The van der Waals surface area contributed by atoms with Crippen LogP contribution in [0.1, 0.15) is 18.1 Å². The fourth-order valence-electron chi connectivity index (χ4n) is 2.16. The SMILES string of the molecule is Cc1ccc(CC(=O)O[C@@H](C)C(=O)Nc2cccc(S(N)(=O)=O)c2)cc1. The Balaban J connectivity index is 1.95. The van der Waals surface area contributed by atoms with Gasteiger partial charge in [0, 0.05) is 5.69 Å². The minimum absolute atomic E-state index is 0.0544. The molecule has 0 saturated heterocycles. The van der Waals surface area contributed by atoms with Crippen LogP contribution in [0.4, 0.5) is 5.69 Å². The molecule has 138 valence electrons. The van der Waals surface area contributed by atoms with E-state index in [2.05, 4.69) is 5.32 Å². The average molecular weight is 376 g/mol. The molecule has 0 radical (unpaired) electrons. The molecule has 2 aromatic rings. The Morgan fingerprint density at radius 1 is 1.15 bits per heavy atom. The minimum Gasteiger partial charge on any atom is -0.452 e. The maximum Gasteiger partial charge on any atom is 0.311 e. The highest BCUT2D eigenvalue weighted by molar-refractivity contribution is 7.89. The molecule has 2 aromatic carbocycles. The summed E-state index contributed by atoms with van der Waals surface area (Å²) < 4.78 is 27.8. The first-order chi connectivity index (χ1) is 12.1. The monoisotopic (exact) mass is 376 g/mol. The summed E-state index contributed by atoms with van der Waals surface area (Å²) in [6.45, 7) is 3.38. The fraction of sp³-hybridized carbons (Fsp3) is 0.222. The lowest BCUT2D eigenvalue weighted by atomic mass is 10.1. The molecule has 2 rings (SSSR count). The van der Waals surface area contributed by atoms with E-state index in [1.807, 2.05) is 31.2 Å². The molecule has 0 aliphatic rings. The van der Waals surface area contributed by atoms with E-state index in [9.17, 15) is 18.0 Å². The zero-order valence-corrected chi connectivity index (χ0v) is 15.2. The normalized spacial score (nSPS) is 12.3. The van der Waals surface area contributed by atoms with Gasteiger partial charge in [0.1, 0.15) is 0 Å². The van der Waals surface area contributed by atoms with Crippen LogP contribution in [0.2, 0.25) is 0 Å². The minimum atomic E-state index is -3.87. The number of nitrogens with two attached hydrogens (primary N) is 1. The largest absolute Gasteiger partial charge is 0.452 e. The highest BCUT2D eigenvalue weighted by atomic mass is 32.2. The van der Waals surface area contributed by atoms with E-state index < -0.39 is 28.0 Å². The molecule has 26 heavy (non-hydrogen) atoms. The number of carbonyl (C=O) groups is 2. The van der Waals surface area contributed by atoms with Crippen LogP contribution in [0.5, 0.6) is 0 Å². The van der Waals surface area contributed by atoms with Crippen LogP contribution in [0.25, 0.3) is 0 Å². The van der Waals surface area contributed by atoms with Gasteiger partial charge in [-0.3, -0.25) is 9.59 Å². The second-order valence-corrected chi connectivity index (χ2v) is 7.42. The second-order valence-electron chi connectivity index (χ2n) is 5.86. The molecule has 0 saturated carbocycles. The first kappa shape index (κ1) is 19.6. The van der Waals surface area contributed by atoms with Gasteiger partial charge in [-0.2, -0.15) is 0 Å². The number of hydrogen-bond donors (Lipinski definition) is 2. The van der Waals surface area contributed by atoms with Gasteiger partial charge in [0.25, 0.3) is 5.91 Å². The topological polar surface area (TPSA) is 116 Å². The van der Waals surface area contributed by atoms with Crippen LogP contribution in [-0.2, 0) is 30.8 Å². The summed E-state index contributed by atoms with van der Waals surface area (Å²) in [6, 6.07) is 12.9. The number of rotatable bonds is 6. The third-order valence-electron chi connectivity index (χ3n) is 3.58. The third kappa shape index (κ3) is 5.68. The lowest BCUT2D eigenvalue weighted by Gasteiger charge is -2.14. The van der Waals surface area contributed by atoms with E-state index in [1.54, 1.807) is 0 Å². The Morgan fingerprint density at radius 2 is 1.81 bits per heavy atom. The number of nitrogens with one attached hydrogen (secondary N) is 1. The van der Waals surface area contributed by atoms with E-state index >= 15 is 0 Å². The van der Waals surface area contributed by atoms with Gasteiger partial charge in [0.2, 0.25) is 10.0 Å². The van der Waals surface area contributed by atoms with Crippen molar-refractivity contribution in [2.24, 2.45) is 5.14 Å². The summed E-state index contributed by atoms with van der Waals surface area (Å²) in [4.78, 5) is 24.0. The van der Waals surface area contributed by atoms with E-state index in [4.69, 9.17) is 9.88 Å². The van der Waals surface area contributed by atoms with Crippen LogP contribution in [0.15, 0.2) is 53.4 Å². The molecule has 7 nitrogen and oxygen atoms in total. The third-order valence-corrected chi connectivity index (χ3v) is 4.49. The maximum absolute atomic E-state index is 12.1. The molecule has 1 amide bonds. The number of primary sulfonamides is 1. The van der Waals surface area contributed by atoms with Crippen molar-refractivity contribution in [1.82, 2.24) is 0 Å². The van der Waals surface area contributed by atoms with Gasteiger partial charge in [0.05, 0.1) is 11.3 Å². The molecule has 0 aromatic heterocycles. The molecule has 0 unspecified atom stereocenters. The van der Waals surface area contributed by atoms with Crippen molar-refractivity contribution in [1.29, 1.82) is 0 Å². The standard InChI is InChI=1S/C18H20N2O5S/c1-12-6-8-14(9-7-12)10-17(21)25-13(2)18(22)20-15-4-3-5-16(11-15)26(19,23)24/h3-9,11,13H,10H2,1-2H3,(H,20,22)(H2,19,23,24)/t13-/m0/s1. The molecular formula is C18H20N2O5S. The predicted molar refractivity (Wildman–Crippen MR) is 96.9 cm³/mol. The number of hydrogen-bond acceptors (Lipinski definition) is 5. The lowest BCUT2D eigenvalue weighted by Crippen LogP contribution is -2.30.